The summed E-state index contributed by atoms with van der Waals surface area (Å²) in [6, 6.07) is 2.67. The molecule has 1 heterocycles. The molecule has 1 aliphatic rings. The van der Waals surface area contributed by atoms with E-state index in [0.29, 0.717) is 0 Å². The molecule has 1 aromatic carbocycles. The quantitative estimate of drug-likeness (QED) is 0.881. The molecule has 4 nitrogen and oxygen atoms in total. The third-order valence-electron chi connectivity index (χ3n) is 2.90. The summed E-state index contributed by atoms with van der Waals surface area (Å²) in [4.78, 5) is 22.8. The van der Waals surface area contributed by atoms with E-state index >= 15 is 0 Å². The van der Waals surface area contributed by atoms with Gasteiger partial charge >= 0.3 is 6.18 Å². The predicted molar refractivity (Wildman–Crippen MR) is 66.2 cm³/mol. The Hall–Kier alpha value is -1.76. The molecular formula is C12H10ClF3N2O2. The summed E-state index contributed by atoms with van der Waals surface area (Å²) < 4.78 is 37.7. The number of amides is 2. The summed E-state index contributed by atoms with van der Waals surface area (Å²) in [5.74, 6) is -1.40. The van der Waals surface area contributed by atoms with Crippen LogP contribution < -0.4 is 10.6 Å². The van der Waals surface area contributed by atoms with Gasteiger partial charge in [0.15, 0.2) is 0 Å². The lowest BCUT2D eigenvalue weighted by Crippen LogP contribution is -2.25. The number of rotatable bonds is 2. The molecule has 108 valence electrons. The van der Waals surface area contributed by atoms with Crippen LogP contribution in [0, 0.1) is 5.92 Å². The largest absolute Gasteiger partial charge is 0.416 e. The Morgan fingerprint density at radius 1 is 1.40 bits per heavy atom. The molecule has 0 saturated carbocycles. The zero-order valence-corrected chi connectivity index (χ0v) is 10.8. The molecule has 8 heteroatoms. The monoisotopic (exact) mass is 306 g/mol. The molecule has 0 spiro atoms. The van der Waals surface area contributed by atoms with Crippen molar-refractivity contribution in [2.45, 2.75) is 12.6 Å². The minimum Gasteiger partial charge on any atom is -0.355 e. The number of carbonyl (C=O) groups is 2. The minimum atomic E-state index is -4.52. The van der Waals surface area contributed by atoms with Crippen molar-refractivity contribution in [1.29, 1.82) is 0 Å². The van der Waals surface area contributed by atoms with E-state index < -0.39 is 23.6 Å². The lowest BCUT2D eigenvalue weighted by Gasteiger charge is -2.13. The second-order valence-corrected chi connectivity index (χ2v) is 4.79. The highest BCUT2D eigenvalue weighted by Crippen LogP contribution is 2.34. The van der Waals surface area contributed by atoms with E-state index in [1.807, 2.05) is 0 Å². The fourth-order valence-electron chi connectivity index (χ4n) is 1.82. The van der Waals surface area contributed by atoms with Crippen molar-refractivity contribution >= 4 is 29.1 Å². The van der Waals surface area contributed by atoms with Gasteiger partial charge in [-0.1, -0.05) is 11.6 Å². The number of benzene rings is 1. The Morgan fingerprint density at radius 2 is 2.10 bits per heavy atom. The first-order valence-corrected chi connectivity index (χ1v) is 6.09. The normalized spacial score (nSPS) is 18.8. The molecule has 1 aromatic rings. The van der Waals surface area contributed by atoms with E-state index in [0.717, 1.165) is 18.2 Å². The number of nitrogens with one attached hydrogen (secondary N) is 2. The number of halogens is 4. The van der Waals surface area contributed by atoms with E-state index in [-0.39, 0.29) is 29.6 Å². The van der Waals surface area contributed by atoms with Crippen molar-refractivity contribution in [3.8, 4) is 0 Å². The number of alkyl halides is 3. The van der Waals surface area contributed by atoms with Crippen molar-refractivity contribution < 1.29 is 22.8 Å². The number of hydrogen-bond donors (Lipinski definition) is 2. The van der Waals surface area contributed by atoms with Gasteiger partial charge in [0.25, 0.3) is 0 Å². The molecule has 1 atom stereocenters. The first kappa shape index (κ1) is 14.6. The lowest BCUT2D eigenvalue weighted by molar-refractivity contribution is -0.137. The van der Waals surface area contributed by atoms with Crippen LogP contribution in [0.1, 0.15) is 12.0 Å². The molecule has 1 saturated heterocycles. The first-order valence-electron chi connectivity index (χ1n) is 5.71. The Morgan fingerprint density at radius 3 is 2.65 bits per heavy atom. The van der Waals surface area contributed by atoms with Gasteiger partial charge in [0.1, 0.15) is 0 Å². The maximum absolute atomic E-state index is 12.6. The molecule has 0 radical (unpaired) electrons. The average molecular weight is 307 g/mol. The van der Waals surface area contributed by atoms with Crippen LogP contribution in [0.15, 0.2) is 18.2 Å². The van der Waals surface area contributed by atoms with Crippen molar-refractivity contribution in [1.82, 2.24) is 5.32 Å². The van der Waals surface area contributed by atoms with Gasteiger partial charge in [-0.15, -0.1) is 0 Å². The topological polar surface area (TPSA) is 58.2 Å². The SMILES string of the molecule is O=C1CC(C(=O)Nc2cc(C(F)(F)F)ccc2Cl)CN1. The summed E-state index contributed by atoms with van der Waals surface area (Å²) in [5.41, 5.74) is -1.02. The molecule has 1 fully saturated rings. The van der Waals surface area contributed by atoms with E-state index in [1.165, 1.54) is 0 Å². The zero-order chi connectivity index (χ0) is 14.9. The molecule has 20 heavy (non-hydrogen) atoms. The van der Waals surface area contributed by atoms with Gasteiger partial charge in [0.05, 0.1) is 22.2 Å². The molecular weight excluding hydrogens is 297 g/mol. The highest BCUT2D eigenvalue weighted by molar-refractivity contribution is 6.33. The Labute approximate surface area is 117 Å². The van der Waals surface area contributed by atoms with Crippen LogP contribution in [-0.4, -0.2) is 18.4 Å². The molecule has 1 unspecified atom stereocenters. The van der Waals surface area contributed by atoms with Gasteiger partial charge in [0, 0.05) is 13.0 Å². The van der Waals surface area contributed by atoms with Crippen LogP contribution in [0.25, 0.3) is 0 Å². The van der Waals surface area contributed by atoms with Gasteiger partial charge in [0.2, 0.25) is 11.8 Å². The third kappa shape index (κ3) is 3.22. The van der Waals surface area contributed by atoms with Crippen molar-refractivity contribution in [3.63, 3.8) is 0 Å². The van der Waals surface area contributed by atoms with Gasteiger partial charge in [-0.3, -0.25) is 9.59 Å². The van der Waals surface area contributed by atoms with Crippen LogP contribution >= 0.6 is 11.6 Å². The van der Waals surface area contributed by atoms with E-state index in [9.17, 15) is 22.8 Å². The van der Waals surface area contributed by atoms with Crippen LogP contribution in [0.4, 0.5) is 18.9 Å². The maximum Gasteiger partial charge on any atom is 0.416 e. The van der Waals surface area contributed by atoms with E-state index in [2.05, 4.69) is 10.6 Å². The van der Waals surface area contributed by atoms with E-state index in [1.54, 1.807) is 0 Å². The van der Waals surface area contributed by atoms with Gasteiger partial charge in [-0.05, 0) is 18.2 Å². The Balaban J connectivity index is 2.16. The standard InChI is InChI=1S/C12H10ClF3N2O2/c13-8-2-1-7(12(14,15)16)4-9(8)18-11(20)6-3-10(19)17-5-6/h1-2,4,6H,3,5H2,(H,17,19)(H,18,20). The van der Waals surface area contributed by atoms with Crippen LogP contribution in [0.2, 0.25) is 5.02 Å². The highest BCUT2D eigenvalue weighted by atomic mass is 35.5. The van der Waals surface area contributed by atoms with Crippen molar-refractivity contribution in [2.24, 2.45) is 5.92 Å². The molecule has 2 amide bonds. The molecule has 1 aliphatic heterocycles. The Kier molecular flexibility index (Phi) is 3.89. The average Bonchev–Trinajstić information content (AvgIpc) is 2.77. The second-order valence-electron chi connectivity index (χ2n) is 4.39. The fourth-order valence-corrected chi connectivity index (χ4v) is 1.99. The Bertz CT molecular complexity index is 560. The van der Waals surface area contributed by atoms with Crippen molar-refractivity contribution in [2.75, 3.05) is 11.9 Å². The molecule has 2 N–H and O–H groups in total. The van der Waals surface area contributed by atoms with Crippen molar-refractivity contribution in [3.05, 3.63) is 28.8 Å². The number of carbonyl (C=O) groups excluding carboxylic acids is 2. The zero-order valence-electron chi connectivity index (χ0n) is 10.1. The molecule has 2 rings (SSSR count). The molecule has 0 aromatic heterocycles. The van der Waals surface area contributed by atoms with Crippen LogP contribution in [0.3, 0.4) is 0 Å². The van der Waals surface area contributed by atoms with Gasteiger partial charge in [-0.25, -0.2) is 0 Å². The maximum atomic E-state index is 12.6. The van der Waals surface area contributed by atoms with Gasteiger partial charge in [-0.2, -0.15) is 13.2 Å². The minimum absolute atomic E-state index is 0.00336. The van der Waals surface area contributed by atoms with Gasteiger partial charge < -0.3 is 10.6 Å². The predicted octanol–water partition coefficient (Wildman–Crippen LogP) is 2.43. The summed E-state index contributed by atoms with van der Waals surface area (Å²) >= 11 is 5.76. The fraction of sp³-hybridized carbons (Fsp3) is 0.333. The first-order chi connectivity index (χ1) is 9.27. The lowest BCUT2D eigenvalue weighted by atomic mass is 10.1. The third-order valence-corrected chi connectivity index (χ3v) is 3.23. The number of hydrogen-bond acceptors (Lipinski definition) is 2. The summed E-state index contributed by atoms with van der Waals surface area (Å²) in [6.45, 7) is 0.168. The molecule has 0 aliphatic carbocycles. The molecule has 0 bridgehead atoms. The number of anilines is 1. The van der Waals surface area contributed by atoms with Crippen LogP contribution in [0.5, 0.6) is 0 Å². The van der Waals surface area contributed by atoms with E-state index in [4.69, 9.17) is 11.6 Å². The second kappa shape index (κ2) is 5.32. The van der Waals surface area contributed by atoms with Crippen LogP contribution in [-0.2, 0) is 15.8 Å². The summed E-state index contributed by atoms with van der Waals surface area (Å²) in [6.07, 6.45) is -4.50. The summed E-state index contributed by atoms with van der Waals surface area (Å²) in [5, 5.41) is 4.80. The smallest absolute Gasteiger partial charge is 0.355 e. The summed E-state index contributed by atoms with van der Waals surface area (Å²) in [7, 11) is 0. The highest BCUT2D eigenvalue weighted by Gasteiger charge is 2.32.